The molecule has 2 heterocycles. The third kappa shape index (κ3) is 4.36. The minimum Gasteiger partial charge on any atom is -0.340 e. The van der Waals surface area contributed by atoms with Gasteiger partial charge in [0.2, 0.25) is 5.91 Å². The van der Waals surface area contributed by atoms with Gasteiger partial charge in [0.05, 0.1) is 23.6 Å². The highest BCUT2D eigenvalue weighted by Crippen LogP contribution is 2.27. The molecular weight excluding hydrogens is 360 g/mol. The number of fused-ring (bicyclic) bond motifs is 1. The van der Waals surface area contributed by atoms with E-state index >= 15 is 0 Å². The first-order chi connectivity index (χ1) is 12.9. The van der Waals surface area contributed by atoms with E-state index in [0.717, 1.165) is 43.9 Å². The molecule has 0 fully saturated rings. The van der Waals surface area contributed by atoms with Gasteiger partial charge in [-0.2, -0.15) is 5.10 Å². The summed E-state index contributed by atoms with van der Waals surface area (Å²) in [6.07, 6.45) is 2.09. The summed E-state index contributed by atoms with van der Waals surface area (Å²) in [5.74, 6) is 0.125. The molecule has 6 heteroatoms. The lowest BCUT2D eigenvalue weighted by atomic mass is 10.0. The molecule has 3 rings (SSSR count). The lowest BCUT2D eigenvalue weighted by Crippen LogP contribution is -2.33. The quantitative estimate of drug-likeness (QED) is 0.753. The smallest absolute Gasteiger partial charge is 0.225 e. The van der Waals surface area contributed by atoms with Crippen molar-refractivity contribution in [2.75, 3.05) is 20.1 Å². The van der Waals surface area contributed by atoms with E-state index in [1.807, 2.05) is 49.8 Å². The minimum absolute atomic E-state index is 0.0163. The van der Waals surface area contributed by atoms with Crippen molar-refractivity contribution >= 4 is 17.5 Å². The van der Waals surface area contributed by atoms with Gasteiger partial charge >= 0.3 is 0 Å². The van der Waals surface area contributed by atoms with Crippen LogP contribution in [-0.2, 0) is 24.3 Å². The zero-order chi connectivity index (χ0) is 19.6. The fourth-order valence-corrected chi connectivity index (χ4v) is 3.93. The van der Waals surface area contributed by atoms with Crippen LogP contribution in [0, 0.1) is 5.92 Å². The van der Waals surface area contributed by atoms with Crippen molar-refractivity contribution in [3.05, 3.63) is 46.2 Å². The van der Waals surface area contributed by atoms with Crippen LogP contribution >= 0.6 is 11.6 Å². The van der Waals surface area contributed by atoms with E-state index in [2.05, 4.69) is 11.8 Å². The van der Waals surface area contributed by atoms with E-state index < -0.39 is 0 Å². The largest absolute Gasteiger partial charge is 0.340 e. The predicted molar refractivity (Wildman–Crippen MR) is 109 cm³/mol. The van der Waals surface area contributed by atoms with Crippen molar-refractivity contribution in [1.29, 1.82) is 0 Å². The third-order valence-electron chi connectivity index (χ3n) is 5.07. The zero-order valence-corrected chi connectivity index (χ0v) is 17.5. The normalized spacial score (nSPS) is 14.4. The molecule has 1 aromatic carbocycles. The maximum Gasteiger partial charge on any atom is 0.225 e. The fourth-order valence-electron chi connectivity index (χ4n) is 3.74. The summed E-state index contributed by atoms with van der Waals surface area (Å²) in [5.41, 5.74) is 4.47. The summed E-state index contributed by atoms with van der Waals surface area (Å²) >= 11 is 6.21. The Morgan fingerprint density at radius 3 is 2.81 bits per heavy atom. The monoisotopic (exact) mass is 388 g/mol. The first kappa shape index (κ1) is 19.9. The molecule has 0 atom stereocenters. The van der Waals surface area contributed by atoms with Gasteiger partial charge in [0.1, 0.15) is 0 Å². The molecule has 0 aliphatic carbocycles. The van der Waals surface area contributed by atoms with E-state index in [1.54, 1.807) is 4.90 Å². The Balaban J connectivity index is 1.98. The lowest BCUT2D eigenvalue weighted by molar-refractivity contribution is -0.133. The molecule has 0 N–H and O–H groups in total. The number of aromatic nitrogens is 2. The molecule has 0 unspecified atom stereocenters. The van der Waals surface area contributed by atoms with Gasteiger partial charge in [-0.1, -0.05) is 38.4 Å². The predicted octanol–water partition coefficient (Wildman–Crippen LogP) is 3.91. The van der Waals surface area contributed by atoms with Crippen molar-refractivity contribution in [2.24, 2.45) is 5.92 Å². The van der Waals surface area contributed by atoms with Crippen LogP contribution in [0.15, 0.2) is 24.3 Å². The Kier molecular flexibility index (Phi) is 6.22. The van der Waals surface area contributed by atoms with Gasteiger partial charge in [0.15, 0.2) is 0 Å². The third-order valence-corrected chi connectivity index (χ3v) is 5.30. The van der Waals surface area contributed by atoms with Crippen molar-refractivity contribution in [2.45, 2.75) is 46.7 Å². The van der Waals surface area contributed by atoms with E-state index in [4.69, 9.17) is 16.7 Å². The first-order valence-electron chi connectivity index (χ1n) is 9.73. The molecule has 1 aliphatic heterocycles. The van der Waals surface area contributed by atoms with Gasteiger partial charge < -0.3 is 4.90 Å². The summed E-state index contributed by atoms with van der Waals surface area (Å²) in [7, 11) is 1.86. The summed E-state index contributed by atoms with van der Waals surface area (Å²) in [4.78, 5) is 16.6. The van der Waals surface area contributed by atoms with Crippen molar-refractivity contribution in [3.8, 4) is 5.69 Å². The molecule has 1 amide bonds. The lowest BCUT2D eigenvalue weighted by Gasteiger charge is -2.28. The number of carbonyl (C=O) groups is 1. The van der Waals surface area contributed by atoms with E-state index in [0.29, 0.717) is 11.6 Å². The Hall–Kier alpha value is -1.85. The molecule has 0 saturated heterocycles. The number of hydrogen-bond donors (Lipinski definition) is 0. The second kappa shape index (κ2) is 8.44. The second-order valence-corrected chi connectivity index (χ2v) is 8.08. The molecule has 0 radical (unpaired) electrons. The molecule has 1 aliphatic rings. The van der Waals surface area contributed by atoms with Crippen LogP contribution in [0.3, 0.4) is 0 Å². The average Bonchev–Trinajstić information content (AvgIpc) is 2.99. The maximum atomic E-state index is 12.4. The fraction of sp³-hybridized carbons (Fsp3) is 0.524. The molecule has 146 valence electrons. The number of benzene rings is 1. The maximum absolute atomic E-state index is 12.4. The average molecular weight is 389 g/mol. The molecule has 5 nitrogen and oxygen atoms in total. The number of amides is 1. The van der Waals surface area contributed by atoms with Crippen LogP contribution in [0.25, 0.3) is 5.69 Å². The van der Waals surface area contributed by atoms with Crippen LogP contribution in [0.1, 0.15) is 44.1 Å². The Morgan fingerprint density at radius 2 is 2.15 bits per heavy atom. The van der Waals surface area contributed by atoms with Crippen molar-refractivity contribution in [1.82, 2.24) is 19.6 Å². The van der Waals surface area contributed by atoms with Crippen LogP contribution in [0.4, 0.5) is 0 Å². The number of carbonyl (C=O) groups excluding carboxylic acids is 1. The number of nitrogens with zero attached hydrogens (tertiary/aromatic N) is 4. The summed E-state index contributed by atoms with van der Waals surface area (Å²) in [5, 5.41) is 5.62. The van der Waals surface area contributed by atoms with Crippen LogP contribution in [0.5, 0.6) is 0 Å². The molecule has 0 spiro atoms. The topological polar surface area (TPSA) is 41.4 Å². The Morgan fingerprint density at radius 1 is 1.37 bits per heavy atom. The molecule has 27 heavy (non-hydrogen) atoms. The summed E-state index contributed by atoms with van der Waals surface area (Å²) in [6.45, 7) is 9.62. The SMILES string of the molecule is CCCN1CCc2c(c(CN(C)C(=O)C(C)C)nn2-c2cccc(Cl)c2)C1. The van der Waals surface area contributed by atoms with E-state index in [9.17, 15) is 4.79 Å². The molecule has 1 aromatic heterocycles. The number of hydrogen-bond acceptors (Lipinski definition) is 3. The molecule has 2 aromatic rings. The van der Waals surface area contributed by atoms with Crippen LogP contribution < -0.4 is 0 Å². The van der Waals surface area contributed by atoms with Gasteiger partial charge in [0.25, 0.3) is 0 Å². The van der Waals surface area contributed by atoms with Crippen molar-refractivity contribution in [3.63, 3.8) is 0 Å². The van der Waals surface area contributed by atoms with Gasteiger partial charge in [0, 0.05) is 43.1 Å². The van der Waals surface area contributed by atoms with E-state index in [-0.39, 0.29) is 11.8 Å². The van der Waals surface area contributed by atoms with Gasteiger partial charge in [-0.05, 0) is 31.2 Å². The van der Waals surface area contributed by atoms with E-state index in [1.165, 1.54) is 11.3 Å². The number of rotatable bonds is 6. The first-order valence-corrected chi connectivity index (χ1v) is 10.1. The van der Waals surface area contributed by atoms with Crippen LogP contribution in [-0.4, -0.2) is 45.6 Å². The van der Waals surface area contributed by atoms with Gasteiger partial charge in [-0.15, -0.1) is 0 Å². The number of halogens is 1. The minimum atomic E-state index is -0.0163. The Labute approximate surface area is 166 Å². The molecular formula is C21H29ClN4O. The standard InChI is InChI=1S/C21H29ClN4O/c1-5-10-25-11-9-20-18(13-25)19(14-24(4)21(27)15(2)3)23-26(20)17-8-6-7-16(22)12-17/h6-8,12,15H,5,9-11,13-14H2,1-4H3. The van der Waals surface area contributed by atoms with Gasteiger partial charge in [-0.3, -0.25) is 9.69 Å². The zero-order valence-electron chi connectivity index (χ0n) is 16.7. The molecule has 0 bridgehead atoms. The van der Waals surface area contributed by atoms with Crippen LogP contribution in [0.2, 0.25) is 5.02 Å². The second-order valence-electron chi connectivity index (χ2n) is 7.64. The Bertz CT molecular complexity index is 815. The summed E-state index contributed by atoms with van der Waals surface area (Å²) < 4.78 is 2.02. The van der Waals surface area contributed by atoms with Crippen molar-refractivity contribution < 1.29 is 4.79 Å². The van der Waals surface area contributed by atoms with Gasteiger partial charge in [-0.25, -0.2) is 4.68 Å². The highest BCUT2D eigenvalue weighted by Gasteiger charge is 2.26. The molecule has 0 saturated carbocycles. The summed E-state index contributed by atoms with van der Waals surface area (Å²) in [6, 6.07) is 7.80. The highest BCUT2D eigenvalue weighted by molar-refractivity contribution is 6.30. The highest BCUT2D eigenvalue weighted by atomic mass is 35.5.